The number of nitrogens with two attached hydrogens (primary N) is 1. The monoisotopic (exact) mass is 293 g/mol. The predicted octanol–water partition coefficient (Wildman–Crippen LogP) is 2.34. The quantitative estimate of drug-likeness (QED) is 0.746. The fraction of sp³-hybridized carbons (Fsp3) is 0.562. The highest BCUT2D eigenvalue weighted by Gasteiger charge is 2.09. The highest BCUT2D eigenvalue weighted by Crippen LogP contribution is 2.10. The SMILES string of the molecule is CC(C)CN(CCN(C)C)Cc1cccc(C(N)=S)c1. The van der Waals surface area contributed by atoms with E-state index in [9.17, 15) is 0 Å². The van der Waals surface area contributed by atoms with Gasteiger partial charge in [0.2, 0.25) is 0 Å². The molecule has 0 bridgehead atoms. The van der Waals surface area contributed by atoms with Crippen molar-refractivity contribution < 1.29 is 0 Å². The summed E-state index contributed by atoms with van der Waals surface area (Å²) in [7, 11) is 4.22. The number of nitrogens with zero attached hydrogens (tertiary/aromatic N) is 2. The molecule has 1 aromatic rings. The van der Waals surface area contributed by atoms with Crippen LogP contribution in [-0.2, 0) is 6.54 Å². The third kappa shape index (κ3) is 6.46. The summed E-state index contributed by atoms with van der Waals surface area (Å²) < 4.78 is 0. The van der Waals surface area contributed by atoms with Gasteiger partial charge in [0.1, 0.15) is 4.99 Å². The largest absolute Gasteiger partial charge is 0.389 e. The third-order valence-corrected chi connectivity index (χ3v) is 3.34. The molecule has 20 heavy (non-hydrogen) atoms. The van der Waals surface area contributed by atoms with E-state index in [1.807, 2.05) is 12.1 Å². The van der Waals surface area contributed by atoms with E-state index in [0.717, 1.165) is 31.7 Å². The Labute approximate surface area is 128 Å². The molecule has 0 aliphatic rings. The van der Waals surface area contributed by atoms with Gasteiger partial charge in [-0.3, -0.25) is 4.90 Å². The molecule has 0 heterocycles. The molecule has 3 nitrogen and oxygen atoms in total. The molecule has 0 amide bonds. The molecule has 1 aromatic carbocycles. The van der Waals surface area contributed by atoms with Crippen molar-refractivity contribution in [2.24, 2.45) is 11.7 Å². The van der Waals surface area contributed by atoms with Crippen LogP contribution in [-0.4, -0.2) is 48.5 Å². The molecule has 0 unspecified atom stereocenters. The van der Waals surface area contributed by atoms with Crippen LogP contribution in [0.15, 0.2) is 24.3 Å². The summed E-state index contributed by atoms with van der Waals surface area (Å²) in [6.45, 7) is 8.71. The summed E-state index contributed by atoms with van der Waals surface area (Å²) in [5, 5.41) is 0. The number of benzene rings is 1. The Morgan fingerprint density at radius 2 is 1.95 bits per heavy atom. The molecule has 0 saturated heterocycles. The minimum atomic E-state index is 0.468. The van der Waals surface area contributed by atoms with Gasteiger partial charge in [0.05, 0.1) is 0 Å². The van der Waals surface area contributed by atoms with Gasteiger partial charge in [-0.2, -0.15) is 0 Å². The zero-order valence-corrected chi connectivity index (χ0v) is 13.9. The number of hydrogen-bond acceptors (Lipinski definition) is 3. The molecule has 0 spiro atoms. The van der Waals surface area contributed by atoms with Crippen molar-refractivity contribution in [2.75, 3.05) is 33.7 Å². The van der Waals surface area contributed by atoms with Crippen LogP contribution >= 0.6 is 12.2 Å². The van der Waals surface area contributed by atoms with Crippen molar-refractivity contribution in [2.45, 2.75) is 20.4 Å². The lowest BCUT2D eigenvalue weighted by atomic mass is 10.1. The second-order valence-electron chi connectivity index (χ2n) is 6.00. The van der Waals surface area contributed by atoms with Crippen LogP contribution < -0.4 is 5.73 Å². The van der Waals surface area contributed by atoms with Crippen molar-refractivity contribution in [3.8, 4) is 0 Å². The number of rotatable bonds is 8. The third-order valence-electron chi connectivity index (χ3n) is 3.10. The normalized spacial score (nSPS) is 11.6. The Hall–Kier alpha value is -0.970. The Morgan fingerprint density at radius 1 is 1.25 bits per heavy atom. The van der Waals surface area contributed by atoms with Crippen molar-refractivity contribution in [3.63, 3.8) is 0 Å². The van der Waals surface area contributed by atoms with E-state index in [1.165, 1.54) is 5.56 Å². The topological polar surface area (TPSA) is 32.5 Å². The molecule has 0 aromatic heterocycles. The van der Waals surface area contributed by atoms with Gasteiger partial charge in [0, 0.05) is 31.7 Å². The minimum absolute atomic E-state index is 0.468. The highest BCUT2D eigenvalue weighted by atomic mass is 32.1. The Kier molecular flexibility index (Phi) is 7.13. The fourth-order valence-corrected chi connectivity index (χ4v) is 2.30. The van der Waals surface area contributed by atoms with Crippen LogP contribution in [0, 0.1) is 5.92 Å². The average Bonchev–Trinajstić information content (AvgIpc) is 2.35. The molecule has 1 rings (SSSR count). The van der Waals surface area contributed by atoms with Crippen LogP contribution in [0.2, 0.25) is 0 Å². The average molecular weight is 293 g/mol. The van der Waals surface area contributed by atoms with Gasteiger partial charge in [0.25, 0.3) is 0 Å². The van der Waals surface area contributed by atoms with Crippen molar-refractivity contribution in [1.29, 1.82) is 0 Å². The van der Waals surface area contributed by atoms with E-state index in [0.29, 0.717) is 10.9 Å². The summed E-state index contributed by atoms with van der Waals surface area (Å²) in [6.07, 6.45) is 0. The molecule has 0 aliphatic carbocycles. The molecule has 0 aliphatic heterocycles. The summed E-state index contributed by atoms with van der Waals surface area (Å²) in [5.74, 6) is 0.663. The maximum Gasteiger partial charge on any atom is 0.103 e. The van der Waals surface area contributed by atoms with Gasteiger partial charge >= 0.3 is 0 Å². The van der Waals surface area contributed by atoms with E-state index in [4.69, 9.17) is 18.0 Å². The number of likely N-dealkylation sites (N-methyl/N-ethyl adjacent to an activating group) is 1. The van der Waals surface area contributed by atoms with Gasteiger partial charge in [0.15, 0.2) is 0 Å². The van der Waals surface area contributed by atoms with Gasteiger partial charge in [-0.15, -0.1) is 0 Å². The second kappa shape index (κ2) is 8.35. The first-order valence-electron chi connectivity index (χ1n) is 7.14. The van der Waals surface area contributed by atoms with Gasteiger partial charge in [-0.05, 0) is 31.6 Å². The first-order valence-corrected chi connectivity index (χ1v) is 7.55. The van der Waals surface area contributed by atoms with Crippen molar-refractivity contribution >= 4 is 17.2 Å². The summed E-state index contributed by atoms with van der Waals surface area (Å²) in [4.78, 5) is 5.18. The fourth-order valence-electron chi connectivity index (χ4n) is 2.17. The minimum Gasteiger partial charge on any atom is -0.389 e. The predicted molar refractivity (Wildman–Crippen MR) is 91.0 cm³/mol. The van der Waals surface area contributed by atoms with Gasteiger partial charge in [-0.1, -0.05) is 44.3 Å². The summed E-state index contributed by atoms with van der Waals surface area (Å²) >= 11 is 5.05. The Balaban J connectivity index is 2.72. The van der Waals surface area contributed by atoms with Gasteiger partial charge in [-0.25, -0.2) is 0 Å². The molecule has 0 atom stereocenters. The summed E-state index contributed by atoms with van der Waals surface area (Å²) in [6, 6.07) is 8.25. The number of hydrogen-bond donors (Lipinski definition) is 1. The lowest BCUT2D eigenvalue weighted by Gasteiger charge is -2.26. The number of thiocarbonyl (C=S) groups is 1. The highest BCUT2D eigenvalue weighted by molar-refractivity contribution is 7.80. The molecule has 4 heteroatoms. The molecule has 0 saturated carbocycles. The molecule has 0 radical (unpaired) electrons. The van der Waals surface area contributed by atoms with Crippen LogP contribution in [0.5, 0.6) is 0 Å². The van der Waals surface area contributed by atoms with Crippen molar-refractivity contribution in [1.82, 2.24) is 9.80 Å². The molecule has 2 N–H and O–H groups in total. The molecular weight excluding hydrogens is 266 g/mol. The standard InChI is InChI=1S/C16H27N3S/c1-13(2)11-19(9-8-18(3)4)12-14-6-5-7-15(10-14)16(17)20/h5-7,10,13H,8-9,11-12H2,1-4H3,(H2,17,20). The Morgan fingerprint density at radius 3 is 2.50 bits per heavy atom. The lowest BCUT2D eigenvalue weighted by molar-refractivity contribution is 0.212. The maximum atomic E-state index is 5.70. The van der Waals surface area contributed by atoms with Crippen LogP contribution in [0.3, 0.4) is 0 Å². The Bertz CT molecular complexity index is 429. The van der Waals surface area contributed by atoms with E-state index >= 15 is 0 Å². The zero-order chi connectivity index (χ0) is 15.1. The van der Waals surface area contributed by atoms with Crippen LogP contribution in [0.25, 0.3) is 0 Å². The van der Waals surface area contributed by atoms with E-state index in [-0.39, 0.29) is 0 Å². The van der Waals surface area contributed by atoms with Crippen molar-refractivity contribution in [3.05, 3.63) is 35.4 Å². The van der Waals surface area contributed by atoms with E-state index < -0.39 is 0 Å². The zero-order valence-electron chi connectivity index (χ0n) is 13.1. The maximum absolute atomic E-state index is 5.70. The van der Waals surface area contributed by atoms with Crippen LogP contribution in [0.4, 0.5) is 0 Å². The second-order valence-corrected chi connectivity index (χ2v) is 6.44. The van der Waals surface area contributed by atoms with E-state index in [2.05, 4.69) is 49.9 Å². The smallest absolute Gasteiger partial charge is 0.103 e. The first-order chi connectivity index (χ1) is 9.38. The van der Waals surface area contributed by atoms with Crippen LogP contribution in [0.1, 0.15) is 25.0 Å². The van der Waals surface area contributed by atoms with Gasteiger partial charge < -0.3 is 10.6 Å². The van der Waals surface area contributed by atoms with E-state index in [1.54, 1.807) is 0 Å². The molecule has 0 fully saturated rings. The summed E-state index contributed by atoms with van der Waals surface area (Å²) in [5.41, 5.74) is 7.93. The molecule has 112 valence electrons. The first kappa shape index (κ1) is 17.1. The molecular formula is C16H27N3S. The lowest BCUT2D eigenvalue weighted by Crippen LogP contribution is -2.34.